The van der Waals surface area contributed by atoms with Gasteiger partial charge in [0, 0.05) is 22.6 Å². The first-order chi connectivity index (χ1) is 11.8. The average molecular weight is 442 g/mol. The van der Waals surface area contributed by atoms with Gasteiger partial charge < -0.3 is 34.6 Å². The fourth-order valence-corrected chi connectivity index (χ4v) is 0.723. The summed E-state index contributed by atoms with van der Waals surface area (Å²) in [5.41, 5.74) is 0.331. The molecule has 1 aromatic carbocycles. The van der Waals surface area contributed by atoms with E-state index in [9.17, 15) is 14.4 Å². The Morgan fingerprint density at radius 2 is 1.11 bits per heavy atom. The van der Waals surface area contributed by atoms with Crippen LogP contribution in [0.5, 0.6) is 0 Å². The molecule has 1 aromatic rings. The van der Waals surface area contributed by atoms with Gasteiger partial charge in [0.15, 0.2) is 0 Å². The van der Waals surface area contributed by atoms with E-state index in [-0.39, 0.29) is 72.3 Å². The third kappa shape index (κ3) is 49.9. The van der Waals surface area contributed by atoms with Crippen molar-refractivity contribution in [3.8, 4) is 0 Å². The van der Waals surface area contributed by atoms with Crippen LogP contribution in [0, 0.1) is 0 Å². The second-order valence-corrected chi connectivity index (χ2v) is 4.35. The van der Waals surface area contributed by atoms with E-state index in [0.29, 0.717) is 17.7 Å². The van der Waals surface area contributed by atoms with Crippen molar-refractivity contribution in [3.05, 3.63) is 48.0 Å². The van der Waals surface area contributed by atoms with E-state index < -0.39 is 28.3 Å². The number of hydrogen-bond donors (Lipinski definition) is 5. The zero-order chi connectivity index (χ0) is 21.2. The minimum Gasteiger partial charge on any atom is -0.759 e. The number of aliphatic hydroxyl groups is 2. The zero-order valence-electron chi connectivity index (χ0n) is 15.0. The molecule has 0 saturated heterocycles. The van der Waals surface area contributed by atoms with Crippen molar-refractivity contribution in [2.45, 2.75) is 0 Å². The molecule has 0 aromatic heterocycles. The van der Waals surface area contributed by atoms with Crippen LogP contribution in [0.2, 0.25) is 0 Å². The van der Waals surface area contributed by atoms with Crippen LogP contribution in [0.3, 0.4) is 0 Å². The standard InChI is InChI=1S/C7H6O2.C4H4O4.C2H6O2.2Na.H2O4S/c8-7(9)6-4-2-1-3-5-6;5-3(6)1-2-4(7)8;3-1-2-4;;;1-5(2,3)4/h1-5H,(H,8,9);1-2H,(H,5,6)(H,7,8);3-4H,1-2H2;;;(H2,1,2,3,4)/q;;;2*+1;/p-2/b;2-1+;;;;. The normalized spacial score (nSPS) is 8.71. The number of rotatable bonds is 4. The van der Waals surface area contributed by atoms with E-state index in [1.54, 1.807) is 30.3 Å². The predicted octanol–water partition coefficient (Wildman–Crippen LogP) is -7.26. The van der Waals surface area contributed by atoms with Crippen molar-refractivity contribution in [1.82, 2.24) is 0 Å². The van der Waals surface area contributed by atoms with Crippen molar-refractivity contribution in [2.75, 3.05) is 13.2 Å². The molecule has 0 aliphatic carbocycles. The molecule has 0 radical (unpaired) electrons. The van der Waals surface area contributed by atoms with Crippen molar-refractivity contribution in [2.24, 2.45) is 0 Å². The van der Waals surface area contributed by atoms with E-state index in [4.69, 9.17) is 43.1 Å². The Morgan fingerprint density at radius 3 is 1.25 bits per heavy atom. The van der Waals surface area contributed by atoms with Crippen LogP contribution in [0.25, 0.3) is 0 Å². The number of carbonyl (C=O) groups is 3. The number of aliphatic carboxylic acids is 2. The fraction of sp³-hybridized carbons (Fsp3) is 0.154. The molecule has 148 valence electrons. The summed E-state index contributed by atoms with van der Waals surface area (Å²) in [6.45, 7) is -0.250. The Morgan fingerprint density at radius 1 is 0.821 bits per heavy atom. The maximum absolute atomic E-state index is 10.2. The third-order valence-corrected chi connectivity index (χ3v) is 1.49. The number of hydrogen-bond acceptors (Lipinski definition) is 9. The monoisotopic (exact) mass is 442 g/mol. The SMILES string of the molecule is O=C(O)/C=C/C(=O)O.O=C(O)c1ccccc1.O=S(=O)([O-])[O-].OCCO.[Na+].[Na+]. The number of carboxylic acids is 3. The number of aromatic carboxylic acids is 1. The molecule has 0 aliphatic heterocycles. The number of aliphatic hydroxyl groups excluding tert-OH is 2. The van der Waals surface area contributed by atoms with Crippen molar-refractivity contribution in [3.63, 3.8) is 0 Å². The van der Waals surface area contributed by atoms with E-state index >= 15 is 0 Å². The van der Waals surface area contributed by atoms with Gasteiger partial charge in [-0.3, -0.25) is 8.42 Å². The Kier molecular flexibility index (Phi) is 32.7. The summed E-state index contributed by atoms with van der Waals surface area (Å²) in [5.74, 6) is -3.39. The number of carboxylic acid groups (broad SMARTS) is 3. The number of benzene rings is 1. The summed E-state index contributed by atoms with van der Waals surface area (Å²) >= 11 is 0. The van der Waals surface area contributed by atoms with E-state index in [1.165, 1.54) is 0 Å². The fourth-order valence-electron chi connectivity index (χ4n) is 0.723. The smallest absolute Gasteiger partial charge is 0.759 e. The predicted molar refractivity (Wildman–Crippen MR) is 82.5 cm³/mol. The Hall–Kier alpha value is -0.840. The topological polar surface area (TPSA) is 233 Å². The van der Waals surface area contributed by atoms with Crippen molar-refractivity contribution >= 4 is 28.3 Å². The first kappa shape index (κ1) is 37.8. The molecule has 0 heterocycles. The van der Waals surface area contributed by atoms with Crippen LogP contribution in [0.1, 0.15) is 10.4 Å². The first-order valence-electron chi connectivity index (χ1n) is 6.15. The van der Waals surface area contributed by atoms with Gasteiger partial charge in [-0.15, -0.1) is 0 Å². The van der Waals surface area contributed by atoms with Crippen molar-refractivity contribution < 1.29 is 117 Å². The summed E-state index contributed by atoms with van der Waals surface area (Å²) in [7, 11) is -5.17. The Balaban J connectivity index is -0.0000000861. The van der Waals surface area contributed by atoms with Crippen LogP contribution in [0.4, 0.5) is 0 Å². The molecule has 0 spiro atoms. The van der Waals surface area contributed by atoms with Gasteiger partial charge in [0.25, 0.3) is 0 Å². The minimum atomic E-state index is -5.17. The Labute approximate surface area is 204 Å². The summed E-state index contributed by atoms with van der Waals surface area (Å²) in [6, 6.07) is 8.30. The summed E-state index contributed by atoms with van der Waals surface area (Å²) in [5, 5.41) is 39.3. The minimum absolute atomic E-state index is 0. The maximum atomic E-state index is 10.2. The molecule has 15 heteroatoms. The molecule has 0 amide bonds. The van der Waals surface area contributed by atoms with Gasteiger partial charge in [0.1, 0.15) is 0 Å². The molecular formula is C13H16Na2O12S. The van der Waals surface area contributed by atoms with Crippen LogP contribution in [0.15, 0.2) is 42.5 Å². The third-order valence-electron chi connectivity index (χ3n) is 1.49. The van der Waals surface area contributed by atoms with Crippen LogP contribution >= 0.6 is 0 Å². The van der Waals surface area contributed by atoms with Gasteiger partial charge in [0.05, 0.1) is 18.8 Å². The molecule has 0 aliphatic rings. The van der Waals surface area contributed by atoms with Crippen molar-refractivity contribution in [1.29, 1.82) is 0 Å². The maximum Gasteiger partial charge on any atom is 1.00 e. The molecule has 0 saturated carbocycles. The molecule has 12 nitrogen and oxygen atoms in total. The van der Waals surface area contributed by atoms with Crippen LogP contribution < -0.4 is 59.1 Å². The average Bonchev–Trinajstić information content (AvgIpc) is 2.53. The first-order valence-corrected chi connectivity index (χ1v) is 7.49. The van der Waals surface area contributed by atoms with Gasteiger partial charge in [0.2, 0.25) is 0 Å². The summed E-state index contributed by atoms with van der Waals surface area (Å²) in [6.07, 6.45) is 1.12. The molecule has 0 fully saturated rings. The summed E-state index contributed by atoms with van der Waals surface area (Å²) in [4.78, 5) is 29.3. The van der Waals surface area contributed by atoms with Gasteiger partial charge in [-0.1, -0.05) is 18.2 Å². The molecule has 0 unspecified atom stereocenters. The van der Waals surface area contributed by atoms with Gasteiger partial charge in [-0.05, 0) is 12.1 Å². The zero-order valence-corrected chi connectivity index (χ0v) is 19.8. The second kappa shape index (κ2) is 24.2. The van der Waals surface area contributed by atoms with E-state index in [2.05, 4.69) is 0 Å². The molecule has 1 rings (SSSR count). The van der Waals surface area contributed by atoms with E-state index in [0.717, 1.165) is 0 Å². The largest absolute Gasteiger partial charge is 1.00 e. The molecular weight excluding hydrogens is 426 g/mol. The van der Waals surface area contributed by atoms with Gasteiger partial charge in [-0.25, -0.2) is 14.4 Å². The Bertz CT molecular complexity index is 635. The van der Waals surface area contributed by atoms with E-state index in [1.807, 2.05) is 0 Å². The molecule has 0 bridgehead atoms. The summed E-state index contributed by atoms with van der Waals surface area (Å²) < 4.78 is 34.1. The van der Waals surface area contributed by atoms with Gasteiger partial charge >= 0.3 is 77.0 Å². The molecule has 28 heavy (non-hydrogen) atoms. The quantitative estimate of drug-likeness (QED) is 0.127. The second-order valence-electron chi connectivity index (χ2n) is 3.54. The molecule has 0 atom stereocenters. The van der Waals surface area contributed by atoms with Crippen LogP contribution in [-0.4, -0.2) is 74.2 Å². The molecule has 5 N–H and O–H groups in total. The van der Waals surface area contributed by atoms with Crippen LogP contribution in [-0.2, 0) is 20.0 Å². The van der Waals surface area contributed by atoms with Gasteiger partial charge in [-0.2, -0.15) is 0 Å².